The molecular weight excluding hydrogens is 212 g/mol. The topological polar surface area (TPSA) is 41.1 Å². The summed E-state index contributed by atoms with van der Waals surface area (Å²) < 4.78 is 0. The van der Waals surface area contributed by atoms with Gasteiger partial charge in [-0.25, -0.2) is 0 Å². The maximum absolute atomic E-state index is 11.7. The van der Waals surface area contributed by atoms with Gasteiger partial charge in [-0.2, -0.15) is 0 Å². The first kappa shape index (κ1) is 12.1. The van der Waals surface area contributed by atoms with Gasteiger partial charge in [0.05, 0.1) is 6.54 Å². The largest absolute Gasteiger partial charge is 0.325 e. The van der Waals surface area contributed by atoms with Crippen molar-refractivity contribution in [3.05, 3.63) is 29.3 Å². The molecule has 1 aromatic rings. The van der Waals surface area contributed by atoms with Crippen LogP contribution in [0.3, 0.4) is 0 Å². The van der Waals surface area contributed by atoms with Crippen molar-refractivity contribution in [2.45, 2.75) is 26.7 Å². The van der Waals surface area contributed by atoms with E-state index in [4.69, 9.17) is 0 Å². The Balaban J connectivity index is 1.79. The van der Waals surface area contributed by atoms with Crippen molar-refractivity contribution < 1.29 is 4.79 Å². The van der Waals surface area contributed by atoms with E-state index in [-0.39, 0.29) is 5.91 Å². The Morgan fingerprint density at radius 1 is 1.24 bits per heavy atom. The van der Waals surface area contributed by atoms with Crippen molar-refractivity contribution in [3.63, 3.8) is 0 Å². The molecule has 3 heteroatoms. The van der Waals surface area contributed by atoms with E-state index in [9.17, 15) is 4.79 Å². The van der Waals surface area contributed by atoms with E-state index in [2.05, 4.69) is 16.7 Å². The molecule has 0 bridgehead atoms. The molecule has 0 unspecified atom stereocenters. The highest BCUT2D eigenvalue weighted by Gasteiger charge is 2.20. The number of hydrogen-bond donors (Lipinski definition) is 2. The first-order valence-electron chi connectivity index (χ1n) is 6.22. The molecule has 0 aromatic heterocycles. The fourth-order valence-electron chi connectivity index (χ4n) is 1.96. The lowest BCUT2D eigenvalue weighted by molar-refractivity contribution is -0.115. The predicted molar refractivity (Wildman–Crippen MR) is 70.1 cm³/mol. The summed E-state index contributed by atoms with van der Waals surface area (Å²) in [5.74, 6) is 0.847. The molecule has 1 saturated carbocycles. The van der Waals surface area contributed by atoms with Crippen molar-refractivity contribution in [2.75, 3.05) is 18.4 Å². The monoisotopic (exact) mass is 232 g/mol. The molecule has 1 aliphatic carbocycles. The molecule has 0 spiro atoms. The van der Waals surface area contributed by atoms with E-state index in [1.165, 1.54) is 24.0 Å². The van der Waals surface area contributed by atoms with Crippen LogP contribution in [0.1, 0.15) is 24.0 Å². The smallest absolute Gasteiger partial charge is 0.238 e. The van der Waals surface area contributed by atoms with Crippen LogP contribution in [0.5, 0.6) is 0 Å². The minimum absolute atomic E-state index is 0.0376. The molecule has 3 nitrogen and oxygen atoms in total. The summed E-state index contributed by atoms with van der Waals surface area (Å²) in [5, 5.41) is 6.10. The van der Waals surface area contributed by atoms with Gasteiger partial charge in [0.15, 0.2) is 0 Å². The van der Waals surface area contributed by atoms with Crippen molar-refractivity contribution in [1.29, 1.82) is 0 Å². The highest BCUT2D eigenvalue weighted by molar-refractivity contribution is 5.92. The Labute approximate surface area is 103 Å². The summed E-state index contributed by atoms with van der Waals surface area (Å²) in [7, 11) is 0. The average molecular weight is 232 g/mol. The van der Waals surface area contributed by atoms with Gasteiger partial charge in [0, 0.05) is 5.69 Å². The quantitative estimate of drug-likeness (QED) is 0.817. The lowest BCUT2D eigenvalue weighted by atomic mass is 10.1. The number of aryl methyl sites for hydroxylation is 2. The van der Waals surface area contributed by atoms with Crippen molar-refractivity contribution in [2.24, 2.45) is 5.92 Å². The van der Waals surface area contributed by atoms with Crippen molar-refractivity contribution >= 4 is 11.6 Å². The van der Waals surface area contributed by atoms with Crippen LogP contribution in [0.4, 0.5) is 5.69 Å². The summed E-state index contributed by atoms with van der Waals surface area (Å²) in [4.78, 5) is 11.7. The lowest BCUT2D eigenvalue weighted by Gasteiger charge is -2.08. The normalized spacial score (nSPS) is 14.7. The third-order valence-electron chi connectivity index (χ3n) is 2.92. The van der Waals surface area contributed by atoms with Gasteiger partial charge in [-0.3, -0.25) is 4.79 Å². The second kappa shape index (κ2) is 5.32. The first-order valence-corrected chi connectivity index (χ1v) is 6.22. The van der Waals surface area contributed by atoms with Crippen LogP contribution >= 0.6 is 0 Å². The zero-order valence-corrected chi connectivity index (χ0v) is 10.5. The second-order valence-corrected chi connectivity index (χ2v) is 5.00. The zero-order chi connectivity index (χ0) is 12.3. The number of hydrogen-bond acceptors (Lipinski definition) is 2. The Morgan fingerprint density at radius 2 is 1.88 bits per heavy atom. The number of amides is 1. The molecule has 0 heterocycles. The Kier molecular flexibility index (Phi) is 3.79. The molecule has 0 saturated heterocycles. The van der Waals surface area contributed by atoms with Crippen LogP contribution in [0.15, 0.2) is 18.2 Å². The van der Waals surface area contributed by atoms with E-state index in [0.29, 0.717) is 6.54 Å². The van der Waals surface area contributed by atoms with Crippen LogP contribution in [-0.4, -0.2) is 19.0 Å². The van der Waals surface area contributed by atoms with Gasteiger partial charge in [-0.05, 0) is 62.4 Å². The van der Waals surface area contributed by atoms with Gasteiger partial charge in [0.1, 0.15) is 0 Å². The molecule has 92 valence electrons. The Morgan fingerprint density at radius 3 is 2.47 bits per heavy atom. The third-order valence-corrected chi connectivity index (χ3v) is 2.92. The van der Waals surface area contributed by atoms with E-state index >= 15 is 0 Å². The van der Waals surface area contributed by atoms with Crippen LogP contribution in [-0.2, 0) is 4.79 Å². The summed E-state index contributed by atoms with van der Waals surface area (Å²) in [6, 6.07) is 6.08. The van der Waals surface area contributed by atoms with Crippen LogP contribution < -0.4 is 10.6 Å². The Hall–Kier alpha value is -1.35. The predicted octanol–water partition coefficient (Wildman–Crippen LogP) is 2.24. The Bertz CT molecular complexity index is 390. The molecule has 1 aliphatic rings. The number of rotatable bonds is 5. The van der Waals surface area contributed by atoms with Crippen LogP contribution in [0.2, 0.25) is 0 Å². The van der Waals surface area contributed by atoms with Gasteiger partial charge in [0.2, 0.25) is 5.91 Å². The van der Waals surface area contributed by atoms with Crippen molar-refractivity contribution in [1.82, 2.24) is 5.32 Å². The molecule has 2 rings (SSSR count). The minimum Gasteiger partial charge on any atom is -0.325 e. The molecular formula is C14H20N2O. The number of carbonyl (C=O) groups excluding carboxylic acids is 1. The van der Waals surface area contributed by atoms with Crippen molar-refractivity contribution in [3.8, 4) is 0 Å². The standard InChI is InChI=1S/C14H20N2O/c1-10-5-11(2)7-13(6-10)16-14(17)9-15-8-12-3-4-12/h5-7,12,15H,3-4,8-9H2,1-2H3,(H,16,17). The van der Waals surface area contributed by atoms with E-state index < -0.39 is 0 Å². The molecule has 17 heavy (non-hydrogen) atoms. The van der Waals surface area contributed by atoms with E-state index in [0.717, 1.165) is 18.2 Å². The maximum Gasteiger partial charge on any atom is 0.238 e. The van der Waals surface area contributed by atoms with Crippen LogP contribution in [0, 0.1) is 19.8 Å². The number of nitrogens with one attached hydrogen (secondary N) is 2. The van der Waals surface area contributed by atoms with Crippen LogP contribution in [0.25, 0.3) is 0 Å². The maximum atomic E-state index is 11.7. The second-order valence-electron chi connectivity index (χ2n) is 5.00. The average Bonchev–Trinajstić information content (AvgIpc) is 2.99. The molecule has 0 radical (unpaired) electrons. The number of carbonyl (C=O) groups is 1. The minimum atomic E-state index is 0.0376. The summed E-state index contributed by atoms with van der Waals surface area (Å²) in [5.41, 5.74) is 3.23. The molecule has 1 amide bonds. The highest BCUT2D eigenvalue weighted by atomic mass is 16.1. The summed E-state index contributed by atoms with van der Waals surface area (Å²) >= 11 is 0. The summed E-state index contributed by atoms with van der Waals surface area (Å²) in [6.45, 7) is 5.45. The molecule has 1 aromatic carbocycles. The van der Waals surface area contributed by atoms with Gasteiger partial charge >= 0.3 is 0 Å². The van der Waals surface area contributed by atoms with Gasteiger partial charge in [-0.15, -0.1) is 0 Å². The van der Waals surface area contributed by atoms with Gasteiger partial charge in [-0.1, -0.05) is 6.07 Å². The first-order chi connectivity index (χ1) is 8.13. The molecule has 0 aliphatic heterocycles. The number of benzene rings is 1. The third kappa shape index (κ3) is 4.19. The molecule has 0 atom stereocenters. The molecule has 2 N–H and O–H groups in total. The van der Waals surface area contributed by atoms with Gasteiger partial charge in [0.25, 0.3) is 0 Å². The molecule has 1 fully saturated rings. The SMILES string of the molecule is Cc1cc(C)cc(NC(=O)CNCC2CC2)c1. The van der Waals surface area contributed by atoms with Gasteiger partial charge < -0.3 is 10.6 Å². The highest BCUT2D eigenvalue weighted by Crippen LogP contribution is 2.27. The lowest BCUT2D eigenvalue weighted by Crippen LogP contribution is -2.29. The summed E-state index contributed by atoms with van der Waals surface area (Å²) in [6.07, 6.45) is 2.62. The van der Waals surface area contributed by atoms with E-state index in [1.807, 2.05) is 26.0 Å². The fraction of sp³-hybridized carbons (Fsp3) is 0.500. The number of anilines is 1. The van der Waals surface area contributed by atoms with E-state index in [1.54, 1.807) is 0 Å². The fourth-order valence-corrected chi connectivity index (χ4v) is 1.96. The zero-order valence-electron chi connectivity index (χ0n) is 10.5.